The molecule has 132 valence electrons. The molecule has 6 nitrogen and oxygen atoms in total. The van der Waals surface area contributed by atoms with Crippen LogP contribution >= 0.6 is 0 Å². The molecule has 0 saturated heterocycles. The Morgan fingerprint density at radius 2 is 1.56 bits per heavy atom. The van der Waals surface area contributed by atoms with Crippen molar-refractivity contribution in [3.05, 3.63) is 48.0 Å². The summed E-state index contributed by atoms with van der Waals surface area (Å²) in [6.45, 7) is 0. The van der Waals surface area contributed by atoms with Gasteiger partial charge in [-0.2, -0.15) is 0 Å². The second kappa shape index (κ2) is 8.63. The van der Waals surface area contributed by atoms with E-state index in [9.17, 15) is 4.79 Å². The molecule has 0 unspecified atom stereocenters. The Kier molecular flexibility index (Phi) is 6.28. The van der Waals surface area contributed by atoms with E-state index in [1.165, 1.54) is 13.2 Å². The summed E-state index contributed by atoms with van der Waals surface area (Å²) in [7, 11) is 6.24. The maximum absolute atomic E-state index is 12.1. The van der Waals surface area contributed by atoms with Gasteiger partial charge in [-0.15, -0.1) is 0 Å². The molecule has 0 spiro atoms. The van der Waals surface area contributed by atoms with Crippen LogP contribution in [0.3, 0.4) is 0 Å². The van der Waals surface area contributed by atoms with Crippen molar-refractivity contribution in [2.24, 2.45) is 0 Å². The van der Waals surface area contributed by atoms with Gasteiger partial charge in [0, 0.05) is 12.1 Å². The zero-order valence-corrected chi connectivity index (χ0v) is 14.7. The number of ether oxygens (including phenoxy) is 4. The zero-order valence-electron chi connectivity index (χ0n) is 14.7. The van der Waals surface area contributed by atoms with Crippen LogP contribution in [0.1, 0.15) is 5.56 Å². The lowest BCUT2D eigenvalue weighted by Gasteiger charge is -2.10. The van der Waals surface area contributed by atoms with Gasteiger partial charge >= 0.3 is 0 Å². The highest BCUT2D eigenvalue weighted by atomic mass is 16.5. The third-order valence-corrected chi connectivity index (χ3v) is 3.50. The fourth-order valence-corrected chi connectivity index (χ4v) is 2.20. The fourth-order valence-electron chi connectivity index (χ4n) is 2.20. The molecule has 2 rings (SSSR count). The average molecular weight is 343 g/mol. The summed E-state index contributed by atoms with van der Waals surface area (Å²) in [6.07, 6.45) is 3.12. The number of anilines is 1. The Bertz CT molecular complexity index is 770. The van der Waals surface area contributed by atoms with Gasteiger partial charge in [0.1, 0.15) is 11.5 Å². The van der Waals surface area contributed by atoms with Crippen LogP contribution < -0.4 is 24.3 Å². The smallest absolute Gasteiger partial charge is 0.248 e. The Morgan fingerprint density at radius 3 is 2.20 bits per heavy atom. The van der Waals surface area contributed by atoms with Crippen molar-refractivity contribution in [2.45, 2.75) is 0 Å². The number of carbonyl (C=O) groups is 1. The van der Waals surface area contributed by atoms with Crippen LogP contribution in [0, 0.1) is 0 Å². The summed E-state index contributed by atoms with van der Waals surface area (Å²) in [5.74, 6) is 2.12. The van der Waals surface area contributed by atoms with Gasteiger partial charge in [0.05, 0.1) is 34.1 Å². The third-order valence-electron chi connectivity index (χ3n) is 3.50. The van der Waals surface area contributed by atoms with E-state index in [1.54, 1.807) is 57.7 Å². The standard InChI is InChI=1S/C19H21NO5/c1-22-14-7-8-15(17(12-14)24-3)20-19(21)10-6-13-5-9-16(23-2)18(11-13)25-4/h5-12H,1-4H3,(H,20,21). The highest BCUT2D eigenvalue weighted by Gasteiger charge is 2.07. The summed E-state index contributed by atoms with van der Waals surface area (Å²) in [5, 5.41) is 2.77. The summed E-state index contributed by atoms with van der Waals surface area (Å²) in [6, 6.07) is 10.6. The largest absolute Gasteiger partial charge is 0.497 e. The highest BCUT2D eigenvalue weighted by Crippen LogP contribution is 2.29. The minimum atomic E-state index is -0.279. The molecule has 1 amide bonds. The Morgan fingerprint density at radius 1 is 0.840 bits per heavy atom. The quantitative estimate of drug-likeness (QED) is 0.781. The topological polar surface area (TPSA) is 66.0 Å². The first-order valence-electron chi connectivity index (χ1n) is 7.54. The number of amides is 1. The van der Waals surface area contributed by atoms with Crippen molar-refractivity contribution >= 4 is 17.7 Å². The molecular weight excluding hydrogens is 322 g/mol. The third kappa shape index (κ3) is 4.67. The van der Waals surface area contributed by atoms with E-state index in [4.69, 9.17) is 18.9 Å². The Balaban J connectivity index is 2.11. The first-order chi connectivity index (χ1) is 12.1. The lowest BCUT2D eigenvalue weighted by atomic mass is 10.2. The van der Waals surface area contributed by atoms with E-state index in [0.717, 1.165) is 5.56 Å². The SMILES string of the molecule is COc1ccc(NC(=O)C=Cc2ccc(OC)c(OC)c2)c(OC)c1. The molecule has 0 heterocycles. The first kappa shape index (κ1) is 18.2. The first-order valence-corrected chi connectivity index (χ1v) is 7.54. The van der Waals surface area contributed by atoms with E-state index in [1.807, 2.05) is 6.07 Å². The highest BCUT2D eigenvalue weighted by molar-refractivity contribution is 6.02. The van der Waals surface area contributed by atoms with Crippen molar-refractivity contribution in [3.8, 4) is 23.0 Å². The van der Waals surface area contributed by atoms with Crippen LogP contribution in [0.4, 0.5) is 5.69 Å². The van der Waals surface area contributed by atoms with Gasteiger partial charge in [-0.05, 0) is 35.9 Å². The van der Waals surface area contributed by atoms with Crippen LogP contribution in [0.15, 0.2) is 42.5 Å². The molecule has 0 aliphatic heterocycles. The molecule has 0 radical (unpaired) electrons. The molecule has 1 N–H and O–H groups in total. The van der Waals surface area contributed by atoms with Gasteiger partial charge in [-0.1, -0.05) is 6.07 Å². The molecule has 0 aliphatic rings. The van der Waals surface area contributed by atoms with Crippen LogP contribution in [-0.2, 0) is 4.79 Å². The monoisotopic (exact) mass is 343 g/mol. The molecule has 0 atom stereocenters. The second-order valence-electron chi connectivity index (χ2n) is 5.00. The molecule has 2 aromatic rings. The van der Waals surface area contributed by atoms with Crippen molar-refractivity contribution in [3.63, 3.8) is 0 Å². The summed E-state index contributed by atoms with van der Waals surface area (Å²) in [5.41, 5.74) is 1.37. The number of rotatable bonds is 7. The lowest BCUT2D eigenvalue weighted by molar-refractivity contribution is -0.111. The van der Waals surface area contributed by atoms with Crippen molar-refractivity contribution in [2.75, 3.05) is 33.8 Å². The molecule has 0 aliphatic carbocycles. The molecule has 0 fully saturated rings. The zero-order chi connectivity index (χ0) is 18.2. The van der Waals surface area contributed by atoms with E-state index >= 15 is 0 Å². The normalized spacial score (nSPS) is 10.4. The van der Waals surface area contributed by atoms with Gasteiger partial charge in [0.25, 0.3) is 0 Å². The number of hydrogen-bond donors (Lipinski definition) is 1. The summed E-state index contributed by atoms with van der Waals surface area (Å²) < 4.78 is 20.8. The van der Waals surface area contributed by atoms with Gasteiger partial charge in [-0.3, -0.25) is 4.79 Å². The minimum absolute atomic E-state index is 0.279. The number of carbonyl (C=O) groups excluding carboxylic acids is 1. The summed E-state index contributed by atoms with van der Waals surface area (Å²) >= 11 is 0. The molecule has 6 heteroatoms. The van der Waals surface area contributed by atoms with Gasteiger partial charge < -0.3 is 24.3 Å². The number of benzene rings is 2. The van der Waals surface area contributed by atoms with Crippen LogP contribution in [0.25, 0.3) is 6.08 Å². The molecule has 25 heavy (non-hydrogen) atoms. The molecule has 0 saturated carbocycles. The van der Waals surface area contributed by atoms with Crippen LogP contribution in [0.5, 0.6) is 23.0 Å². The predicted molar refractivity (Wildman–Crippen MR) is 96.8 cm³/mol. The number of hydrogen-bond acceptors (Lipinski definition) is 5. The van der Waals surface area contributed by atoms with Gasteiger partial charge in [-0.25, -0.2) is 0 Å². The fraction of sp³-hybridized carbons (Fsp3) is 0.211. The van der Waals surface area contributed by atoms with Crippen molar-refractivity contribution in [1.82, 2.24) is 0 Å². The van der Waals surface area contributed by atoms with E-state index in [0.29, 0.717) is 28.7 Å². The molecule has 0 aromatic heterocycles. The maximum atomic E-state index is 12.1. The average Bonchev–Trinajstić information content (AvgIpc) is 2.66. The van der Waals surface area contributed by atoms with Gasteiger partial charge in [0.15, 0.2) is 11.5 Å². The van der Waals surface area contributed by atoms with Crippen molar-refractivity contribution in [1.29, 1.82) is 0 Å². The molecule has 2 aromatic carbocycles. The van der Waals surface area contributed by atoms with Crippen LogP contribution in [0.2, 0.25) is 0 Å². The van der Waals surface area contributed by atoms with Crippen molar-refractivity contribution < 1.29 is 23.7 Å². The van der Waals surface area contributed by atoms with Crippen LogP contribution in [-0.4, -0.2) is 34.3 Å². The van der Waals surface area contributed by atoms with E-state index < -0.39 is 0 Å². The minimum Gasteiger partial charge on any atom is -0.497 e. The lowest BCUT2D eigenvalue weighted by Crippen LogP contribution is -2.09. The van der Waals surface area contributed by atoms with Gasteiger partial charge in [0.2, 0.25) is 5.91 Å². The molecule has 0 bridgehead atoms. The van der Waals surface area contributed by atoms with E-state index in [2.05, 4.69) is 5.32 Å². The number of nitrogens with one attached hydrogen (secondary N) is 1. The molecular formula is C19H21NO5. The van der Waals surface area contributed by atoms with E-state index in [-0.39, 0.29) is 5.91 Å². The Labute approximate surface area is 147 Å². The summed E-state index contributed by atoms with van der Waals surface area (Å²) in [4.78, 5) is 12.1. The number of methoxy groups -OCH3 is 4. The second-order valence-corrected chi connectivity index (χ2v) is 5.00. The predicted octanol–water partition coefficient (Wildman–Crippen LogP) is 3.37. The maximum Gasteiger partial charge on any atom is 0.248 e. The Hall–Kier alpha value is -3.15.